The first kappa shape index (κ1) is 10.3. The van der Waals surface area contributed by atoms with Crippen molar-refractivity contribution >= 4 is 0 Å². The van der Waals surface area contributed by atoms with Crippen LogP contribution in [0.3, 0.4) is 0 Å². The van der Waals surface area contributed by atoms with Gasteiger partial charge in [0.15, 0.2) is 0 Å². The molecule has 1 aliphatic heterocycles. The minimum absolute atomic E-state index is 0.00375. The molecule has 14 heavy (non-hydrogen) atoms. The topological polar surface area (TPSA) is 21.3 Å². The molecule has 0 aromatic heterocycles. The summed E-state index contributed by atoms with van der Waals surface area (Å²) in [6, 6.07) is 0.257. The zero-order valence-electron chi connectivity index (χ0n) is 8.43. The Bertz CT molecular complexity index is 210. The average Bonchev–Trinajstić information content (AvgIpc) is 2.61. The Labute approximate surface area is 83.0 Å². The van der Waals surface area contributed by atoms with Crippen molar-refractivity contribution in [2.75, 3.05) is 13.2 Å². The standard InChI is InChI=1S/C10H17F2NO/c1-7-5-14-6-9(7)13-8-2-3-10(11,12)4-8/h7-9,13H,2-6H2,1H3. The van der Waals surface area contributed by atoms with Crippen LogP contribution in [0.15, 0.2) is 0 Å². The normalized spacial score (nSPS) is 41.8. The van der Waals surface area contributed by atoms with Crippen molar-refractivity contribution in [3.8, 4) is 0 Å². The number of ether oxygens (including phenoxy) is 1. The molecule has 0 bridgehead atoms. The predicted molar refractivity (Wildman–Crippen MR) is 49.5 cm³/mol. The monoisotopic (exact) mass is 205 g/mol. The highest BCUT2D eigenvalue weighted by atomic mass is 19.3. The molecule has 0 aromatic rings. The summed E-state index contributed by atoms with van der Waals surface area (Å²) in [5.41, 5.74) is 0. The van der Waals surface area contributed by atoms with Crippen molar-refractivity contribution in [3.05, 3.63) is 0 Å². The minimum Gasteiger partial charge on any atom is -0.379 e. The SMILES string of the molecule is CC1COCC1NC1CCC(F)(F)C1. The van der Waals surface area contributed by atoms with Crippen molar-refractivity contribution in [2.24, 2.45) is 5.92 Å². The van der Waals surface area contributed by atoms with E-state index >= 15 is 0 Å². The van der Waals surface area contributed by atoms with Gasteiger partial charge in [-0.2, -0.15) is 0 Å². The number of rotatable bonds is 2. The van der Waals surface area contributed by atoms with E-state index in [2.05, 4.69) is 12.2 Å². The number of hydrogen-bond acceptors (Lipinski definition) is 2. The van der Waals surface area contributed by atoms with Gasteiger partial charge in [0.05, 0.1) is 13.2 Å². The lowest BCUT2D eigenvalue weighted by molar-refractivity contribution is 0.00643. The summed E-state index contributed by atoms with van der Waals surface area (Å²) in [5, 5.41) is 3.28. The summed E-state index contributed by atoms with van der Waals surface area (Å²) in [6.07, 6.45) is 0.624. The van der Waals surface area contributed by atoms with Crippen molar-refractivity contribution in [2.45, 2.75) is 44.2 Å². The molecule has 1 N–H and O–H groups in total. The van der Waals surface area contributed by atoms with Gasteiger partial charge in [-0.05, 0) is 12.3 Å². The fourth-order valence-electron chi connectivity index (χ4n) is 2.27. The van der Waals surface area contributed by atoms with E-state index in [-0.39, 0.29) is 24.9 Å². The van der Waals surface area contributed by atoms with Crippen LogP contribution in [0.5, 0.6) is 0 Å². The molecule has 82 valence electrons. The van der Waals surface area contributed by atoms with Crippen molar-refractivity contribution < 1.29 is 13.5 Å². The lowest BCUT2D eigenvalue weighted by atomic mass is 10.1. The molecule has 1 saturated heterocycles. The highest BCUT2D eigenvalue weighted by Crippen LogP contribution is 2.35. The van der Waals surface area contributed by atoms with Crippen LogP contribution >= 0.6 is 0 Å². The first-order valence-corrected chi connectivity index (χ1v) is 5.28. The Balaban J connectivity index is 1.81. The second-order valence-electron chi connectivity index (χ2n) is 4.58. The first-order chi connectivity index (χ1) is 6.57. The van der Waals surface area contributed by atoms with E-state index in [4.69, 9.17) is 4.74 Å². The Morgan fingerprint density at radius 3 is 2.64 bits per heavy atom. The molecule has 3 atom stereocenters. The first-order valence-electron chi connectivity index (χ1n) is 5.28. The van der Waals surface area contributed by atoms with Gasteiger partial charge in [0.25, 0.3) is 0 Å². The largest absolute Gasteiger partial charge is 0.379 e. The summed E-state index contributed by atoms with van der Waals surface area (Å²) >= 11 is 0. The predicted octanol–water partition coefficient (Wildman–Crippen LogP) is 1.80. The molecule has 2 rings (SSSR count). The van der Waals surface area contributed by atoms with Crippen LogP contribution in [0.2, 0.25) is 0 Å². The van der Waals surface area contributed by atoms with Crippen molar-refractivity contribution in [1.82, 2.24) is 5.32 Å². The highest BCUT2D eigenvalue weighted by molar-refractivity contribution is 4.90. The molecule has 0 radical (unpaired) electrons. The van der Waals surface area contributed by atoms with E-state index in [0.717, 1.165) is 6.61 Å². The Hall–Kier alpha value is -0.220. The molecule has 1 aliphatic carbocycles. The Kier molecular flexibility index (Phi) is 2.75. The van der Waals surface area contributed by atoms with Crippen LogP contribution in [-0.2, 0) is 4.74 Å². The average molecular weight is 205 g/mol. The van der Waals surface area contributed by atoms with Gasteiger partial charge >= 0.3 is 0 Å². The van der Waals surface area contributed by atoms with Gasteiger partial charge in [0.2, 0.25) is 5.92 Å². The van der Waals surface area contributed by atoms with Gasteiger partial charge in [-0.25, -0.2) is 8.78 Å². The Morgan fingerprint density at radius 2 is 2.14 bits per heavy atom. The number of alkyl halides is 2. The molecule has 1 heterocycles. The van der Waals surface area contributed by atoms with Crippen molar-refractivity contribution in [3.63, 3.8) is 0 Å². The third-order valence-corrected chi connectivity index (χ3v) is 3.22. The molecule has 2 fully saturated rings. The molecular weight excluding hydrogens is 188 g/mol. The van der Waals surface area contributed by atoms with E-state index in [1.54, 1.807) is 0 Å². The molecule has 0 aromatic carbocycles. The molecular formula is C10H17F2NO. The van der Waals surface area contributed by atoms with Crippen LogP contribution in [0, 0.1) is 5.92 Å². The maximum absolute atomic E-state index is 12.9. The van der Waals surface area contributed by atoms with E-state index in [1.165, 1.54) is 0 Å². The van der Waals surface area contributed by atoms with Crippen LogP contribution < -0.4 is 5.32 Å². The summed E-state index contributed by atoms with van der Waals surface area (Å²) in [7, 11) is 0. The maximum atomic E-state index is 12.9. The summed E-state index contributed by atoms with van der Waals surface area (Å²) in [4.78, 5) is 0. The quantitative estimate of drug-likeness (QED) is 0.742. The second-order valence-corrected chi connectivity index (χ2v) is 4.58. The molecule has 1 saturated carbocycles. The minimum atomic E-state index is -2.44. The zero-order chi connectivity index (χ0) is 10.2. The summed E-state index contributed by atoms with van der Waals surface area (Å²) in [5.74, 6) is -2.00. The van der Waals surface area contributed by atoms with Gasteiger partial charge in [0, 0.05) is 24.9 Å². The lowest BCUT2D eigenvalue weighted by Crippen LogP contribution is -2.41. The molecule has 3 unspecified atom stereocenters. The third kappa shape index (κ3) is 2.23. The van der Waals surface area contributed by atoms with Gasteiger partial charge in [-0.1, -0.05) is 6.92 Å². The highest BCUT2D eigenvalue weighted by Gasteiger charge is 2.40. The van der Waals surface area contributed by atoms with Crippen molar-refractivity contribution in [1.29, 1.82) is 0 Å². The van der Waals surface area contributed by atoms with E-state index in [9.17, 15) is 8.78 Å². The number of hydrogen-bond donors (Lipinski definition) is 1. The lowest BCUT2D eigenvalue weighted by Gasteiger charge is -2.20. The van der Waals surface area contributed by atoms with Gasteiger partial charge in [-0.3, -0.25) is 0 Å². The molecule has 4 heteroatoms. The Morgan fingerprint density at radius 1 is 1.36 bits per heavy atom. The zero-order valence-corrected chi connectivity index (χ0v) is 8.43. The van der Waals surface area contributed by atoms with Gasteiger partial charge < -0.3 is 10.1 Å². The maximum Gasteiger partial charge on any atom is 0.249 e. The van der Waals surface area contributed by atoms with Crippen LogP contribution in [-0.4, -0.2) is 31.2 Å². The van der Waals surface area contributed by atoms with E-state index in [0.29, 0.717) is 18.9 Å². The number of halogens is 2. The molecule has 2 aliphatic rings. The smallest absolute Gasteiger partial charge is 0.249 e. The fraction of sp³-hybridized carbons (Fsp3) is 1.00. The van der Waals surface area contributed by atoms with Crippen LogP contribution in [0.1, 0.15) is 26.2 Å². The molecule has 0 amide bonds. The van der Waals surface area contributed by atoms with Crippen LogP contribution in [0.4, 0.5) is 8.78 Å². The van der Waals surface area contributed by atoms with Gasteiger partial charge in [-0.15, -0.1) is 0 Å². The fourth-order valence-corrected chi connectivity index (χ4v) is 2.27. The van der Waals surface area contributed by atoms with Gasteiger partial charge in [0.1, 0.15) is 0 Å². The van der Waals surface area contributed by atoms with E-state index in [1.807, 2.05) is 0 Å². The number of nitrogens with one attached hydrogen (secondary N) is 1. The molecule has 2 nitrogen and oxygen atoms in total. The summed E-state index contributed by atoms with van der Waals surface area (Å²) in [6.45, 7) is 3.52. The third-order valence-electron chi connectivity index (χ3n) is 3.22. The van der Waals surface area contributed by atoms with E-state index < -0.39 is 5.92 Å². The van der Waals surface area contributed by atoms with Crippen LogP contribution in [0.25, 0.3) is 0 Å². The second kappa shape index (κ2) is 3.74. The summed E-state index contributed by atoms with van der Waals surface area (Å²) < 4.78 is 31.1. The molecule has 0 spiro atoms.